The van der Waals surface area contributed by atoms with Crippen LogP contribution in [0.15, 0.2) is 0 Å². The van der Waals surface area contributed by atoms with Crippen molar-refractivity contribution in [3.63, 3.8) is 0 Å². The maximum atomic E-state index is 11.9. The Morgan fingerprint density at radius 2 is 1.62 bits per heavy atom. The third-order valence-corrected chi connectivity index (χ3v) is 4.15. The summed E-state index contributed by atoms with van der Waals surface area (Å²) in [5.41, 5.74) is 0. The first-order valence-electron chi connectivity index (χ1n) is 5.06. The summed E-state index contributed by atoms with van der Waals surface area (Å²) in [6.07, 6.45) is 1.19. The molecule has 0 atom stereocenters. The van der Waals surface area contributed by atoms with Crippen LogP contribution in [0.2, 0.25) is 0 Å². The van der Waals surface area contributed by atoms with Crippen LogP contribution in [0, 0.1) is 0 Å². The van der Waals surface area contributed by atoms with Crippen molar-refractivity contribution < 1.29 is 13.2 Å². The highest BCUT2D eigenvalue weighted by Gasteiger charge is 2.32. The molecule has 1 fully saturated rings. The average Bonchev–Trinajstić information content (AvgIpc) is 2.14. The van der Waals surface area contributed by atoms with Gasteiger partial charge in [0.1, 0.15) is 0 Å². The van der Waals surface area contributed by atoms with E-state index in [1.165, 1.54) is 10.6 Å². The van der Waals surface area contributed by atoms with E-state index in [4.69, 9.17) is 0 Å². The van der Waals surface area contributed by atoms with Gasteiger partial charge in [-0.15, -0.1) is 0 Å². The molecule has 0 N–H and O–H groups in total. The smallest absolute Gasteiger partial charge is 0.238 e. The molecular formula is C9H17BrN2O3S. The van der Waals surface area contributed by atoms with Crippen molar-refractivity contribution in [2.24, 2.45) is 0 Å². The summed E-state index contributed by atoms with van der Waals surface area (Å²) in [5, 5.41) is 0. The summed E-state index contributed by atoms with van der Waals surface area (Å²) in [6.45, 7) is 5.26. The van der Waals surface area contributed by atoms with Gasteiger partial charge in [-0.25, -0.2) is 8.42 Å². The molecular weight excluding hydrogens is 296 g/mol. The van der Waals surface area contributed by atoms with Crippen LogP contribution in [0.1, 0.15) is 13.8 Å². The Morgan fingerprint density at radius 3 is 1.94 bits per heavy atom. The molecule has 1 aliphatic rings. The highest BCUT2D eigenvalue weighted by atomic mass is 79.9. The first-order valence-corrected chi connectivity index (χ1v) is 7.70. The molecule has 0 radical (unpaired) electrons. The Labute approximate surface area is 105 Å². The van der Waals surface area contributed by atoms with Crippen LogP contribution in [0.3, 0.4) is 0 Å². The van der Waals surface area contributed by atoms with E-state index < -0.39 is 14.3 Å². The SMILES string of the molecule is CC(C)(Br)C(=O)N1CCN(S(C)(=O)=O)CC1. The standard InChI is InChI=1S/C9H17BrN2O3S/c1-9(2,10)8(13)11-4-6-12(7-5-11)16(3,14)15/h4-7H2,1-3H3. The molecule has 1 saturated heterocycles. The van der Waals surface area contributed by atoms with E-state index in [1.807, 2.05) is 0 Å². The lowest BCUT2D eigenvalue weighted by atomic mass is 10.1. The lowest BCUT2D eigenvalue weighted by molar-refractivity contribution is -0.133. The van der Waals surface area contributed by atoms with Gasteiger partial charge in [-0.1, -0.05) is 15.9 Å². The molecule has 0 spiro atoms. The van der Waals surface area contributed by atoms with Crippen molar-refractivity contribution in [2.75, 3.05) is 32.4 Å². The Bertz CT molecular complexity index is 367. The second kappa shape index (κ2) is 4.62. The number of carbonyl (C=O) groups excluding carboxylic acids is 1. The highest BCUT2D eigenvalue weighted by Crippen LogP contribution is 2.20. The summed E-state index contributed by atoms with van der Waals surface area (Å²) in [6, 6.07) is 0. The zero-order valence-corrected chi connectivity index (χ0v) is 12.1. The van der Waals surface area contributed by atoms with Crippen molar-refractivity contribution in [3.05, 3.63) is 0 Å². The molecule has 0 unspecified atom stereocenters. The minimum absolute atomic E-state index is 0.000603. The van der Waals surface area contributed by atoms with Crippen molar-refractivity contribution in [2.45, 2.75) is 18.2 Å². The van der Waals surface area contributed by atoms with Gasteiger partial charge in [0, 0.05) is 26.2 Å². The number of carbonyl (C=O) groups is 1. The Kier molecular flexibility index (Phi) is 4.02. The van der Waals surface area contributed by atoms with Crippen LogP contribution >= 0.6 is 15.9 Å². The van der Waals surface area contributed by atoms with Gasteiger partial charge in [-0.05, 0) is 13.8 Å². The third-order valence-electron chi connectivity index (χ3n) is 2.50. The molecule has 16 heavy (non-hydrogen) atoms. The van der Waals surface area contributed by atoms with E-state index >= 15 is 0 Å². The van der Waals surface area contributed by atoms with Crippen molar-refractivity contribution in [1.29, 1.82) is 0 Å². The number of piperazine rings is 1. The molecule has 5 nitrogen and oxygen atoms in total. The molecule has 0 aromatic carbocycles. The topological polar surface area (TPSA) is 57.7 Å². The molecule has 94 valence electrons. The fourth-order valence-corrected chi connectivity index (χ4v) is 2.68. The predicted molar refractivity (Wildman–Crippen MR) is 66.0 cm³/mol. The van der Waals surface area contributed by atoms with Crippen LogP contribution in [-0.2, 0) is 14.8 Å². The summed E-state index contributed by atoms with van der Waals surface area (Å²) in [5.74, 6) is 0.000603. The minimum atomic E-state index is -3.13. The van der Waals surface area contributed by atoms with Crippen LogP contribution in [-0.4, -0.2) is 60.3 Å². The van der Waals surface area contributed by atoms with Gasteiger partial charge in [0.25, 0.3) is 0 Å². The Balaban J connectivity index is 2.60. The van der Waals surface area contributed by atoms with Crippen molar-refractivity contribution in [3.8, 4) is 0 Å². The molecule has 1 rings (SSSR count). The van der Waals surface area contributed by atoms with E-state index in [1.54, 1.807) is 18.7 Å². The number of hydrogen-bond acceptors (Lipinski definition) is 3. The van der Waals surface area contributed by atoms with Gasteiger partial charge < -0.3 is 4.90 Å². The number of nitrogens with zero attached hydrogens (tertiary/aromatic N) is 2. The maximum Gasteiger partial charge on any atom is 0.238 e. The highest BCUT2D eigenvalue weighted by molar-refractivity contribution is 9.10. The fourth-order valence-electron chi connectivity index (χ4n) is 1.60. The minimum Gasteiger partial charge on any atom is -0.339 e. The predicted octanol–water partition coefficient (Wildman–Crippen LogP) is 0.264. The van der Waals surface area contributed by atoms with Crippen LogP contribution < -0.4 is 0 Å². The number of hydrogen-bond donors (Lipinski definition) is 0. The number of halogens is 1. The summed E-state index contributed by atoms with van der Waals surface area (Å²) < 4.78 is 23.4. The third kappa shape index (κ3) is 3.43. The monoisotopic (exact) mass is 312 g/mol. The number of rotatable bonds is 2. The fraction of sp³-hybridized carbons (Fsp3) is 0.889. The van der Waals surface area contributed by atoms with Crippen LogP contribution in [0.25, 0.3) is 0 Å². The van der Waals surface area contributed by atoms with E-state index in [0.29, 0.717) is 26.2 Å². The first-order chi connectivity index (χ1) is 7.12. The maximum absolute atomic E-state index is 11.9. The van der Waals surface area contributed by atoms with E-state index in [2.05, 4.69) is 15.9 Å². The summed E-state index contributed by atoms with van der Waals surface area (Å²) in [4.78, 5) is 13.6. The van der Waals surface area contributed by atoms with Crippen molar-refractivity contribution >= 4 is 31.9 Å². The quantitative estimate of drug-likeness (QED) is 0.687. The van der Waals surface area contributed by atoms with Gasteiger partial charge in [-0.2, -0.15) is 4.31 Å². The van der Waals surface area contributed by atoms with Crippen molar-refractivity contribution in [1.82, 2.24) is 9.21 Å². The Hall–Kier alpha value is -0.140. The largest absolute Gasteiger partial charge is 0.339 e. The van der Waals surface area contributed by atoms with Crippen LogP contribution in [0.4, 0.5) is 0 Å². The number of amides is 1. The lowest BCUT2D eigenvalue weighted by Crippen LogP contribution is -2.53. The molecule has 0 aromatic rings. The second-order valence-corrected chi connectivity index (χ2v) is 8.39. The normalized spacial score (nSPS) is 19.9. The van der Waals surface area contributed by atoms with Gasteiger partial charge >= 0.3 is 0 Å². The summed E-state index contributed by atoms with van der Waals surface area (Å²) in [7, 11) is -3.13. The molecule has 1 heterocycles. The van der Waals surface area contributed by atoms with E-state index in [-0.39, 0.29) is 5.91 Å². The molecule has 0 aromatic heterocycles. The van der Waals surface area contributed by atoms with E-state index in [0.717, 1.165) is 0 Å². The molecule has 0 bridgehead atoms. The molecule has 1 amide bonds. The zero-order valence-electron chi connectivity index (χ0n) is 9.73. The van der Waals surface area contributed by atoms with Gasteiger partial charge in [0.15, 0.2) is 0 Å². The number of alkyl halides is 1. The molecule has 0 aliphatic carbocycles. The lowest BCUT2D eigenvalue weighted by Gasteiger charge is -2.35. The number of sulfonamides is 1. The molecule has 0 saturated carbocycles. The van der Waals surface area contributed by atoms with Gasteiger partial charge in [0.2, 0.25) is 15.9 Å². The Morgan fingerprint density at radius 1 is 1.19 bits per heavy atom. The summed E-state index contributed by atoms with van der Waals surface area (Å²) >= 11 is 3.31. The van der Waals surface area contributed by atoms with Gasteiger partial charge in [0.05, 0.1) is 10.6 Å². The molecule has 1 aliphatic heterocycles. The van der Waals surface area contributed by atoms with Crippen LogP contribution in [0.5, 0.6) is 0 Å². The second-order valence-electron chi connectivity index (χ2n) is 4.43. The zero-order chi connectivity index (χ0) is 12.6. The van der Waals surface area contributed by atoms with E-state index in [9.17, 15) is 13.2 Å². The molecule has 7 heteroatoms. The first kappa shape index (κ1) is 13.9. The average molecular weight is 313 g/mol. The van der Waals surface area contributed by atoms with Gasteiger partial charge in [-0.3, -0.25) is 4.79 Å².